The number of hydrogen-bond acceptors (Lipinski definition) is 4. The Hall–Kier alpha value is -3.70. The van der Waals surface area contributed by atoms with E-state index in [2.05, 4.69) is 31.2 Å². The number of carbonyl (C=O) groups excluding carboxylic acids is 1. The lowest BCUT2D eigenvalue weighted by Gasteiger charge is -2.27. The summed E-state index contributed by atoms with van der Waals surface area (Å²) in [4.78, 5) is 16.1. The quantitative estimate of drug-likeness (QED) is 0.228. The highest BCUT2D eigenvalue weighted by atomic mass is 32.2. The van der Waals surface area contributed by atoms with Gasteiger partial charge < -0.3 is 14.2 Å². The van der Waals surface area contributed by atoms with Gasteiger partial charge in [0.1, 0.15) is 17.2 Å². The molecule has 0 N–H and O–H groups in total. The Morgan fingerprint density at radius 1 is 0.647 bits per heavy atom. The van der Waals surface area contributed by atoms with Gasteiger partial charge in [0.15, 0.2) is 5.78 Å². The molecule has 0 saturated heterocycles. The van der Waals surface area contributed by atoms with E-state index in [0.29, 0.717) is 28.4 Å². The second-order valence-corrected chi connectivity index (χ2v) is 9.94. The molecule has 1 unspecified atom stereocenters. The first kappa shape index (κ1) is 23.5. The molecule has 0 fully saturated rings. The number of rotatable bonds is 8. The number of ketones is 1. The van der Waals surface area contributed by atoms with Gasteiger partial charge in [0.25, 0.3) is 0 Å². The maximum atomic E-state index is 12.9. The normalized spacial score (nSPS) is 12.1. The van der Waals surface area contributed by atoms with Crippen LogP contribution in [0.1, 0.15) is 21.5 Å². The minimum Gasteiger partial charge on any atom is -0.496 e. The Morgan fingerprint density at radius 2 is 1.15 bits per heavy atom. The van der Waals surface area contributed by atoms with Gasteiger partial charge >= 0.3 is 0 Å². The fraction of sp³-hybridized carbons (Fsp3) is 0.138. The molecule has 0 heterocycles. The third kappa shape index (κ3) is 4.80. The number of benzene rings is 4. The molecule has 4 aromatic carbocycles. The lowest BCUT2D eigenvalue weighted by Crippen LogP contribution is -2.01. The summed E-state index contributed by atoms with van der Waals surface area (Å²) in [5.41, 5.74) is 2.52. The molecular formula is C29H28O4S. The molecule has 5 heteroatoms. The van der Waals surface area contributed by atoms with Crippen molar-refractivity contribution in [2.75, 3.05) is 21.3 Å². The van der Waals surface area contributed by atoms with Gasteiger partial charge in [-0.15, -0.1) is 0 Å². The second-order valence-electron chi connectivity index (χ2n) is 7.79. The zero-order chi connectivity index (χ0) is 24.1. The van der Waals surface area contributed by atoms with Crippen LogP contribution in [0.2, 0.25) is 0 Å². The van der Waals surface area contributed by atoms with Crippen LogP contribution in [0, 0.1) is 6.92 Å². The molecule has 0 radical (unpaired) electrons. The second kappa shape index (κ2) is 10.5. The molecule has 0 spiro atoms. The lowest BCUT2D eigenvalue weighted by molar-refractivity contribution is 0.103. The van der Waals surface area contributed by atoms with E-state index >= 15 is 0 Å². The standard InChI is InChI=1S/C29H28O4S/c1-20-10-14-24(15-11-20)34(29-26(32-3)18-23(31-2)19-27(29)33-4)25-16-12-22(13-17-25)28(30)21-8-6-5-7-9-21/h5-19,34H,1-4H3. The average Bonchev–Trinajstić information content (AvgIpc) is 2.90. The van der Waals surface area contributed by atoms with Crippen LogP contribution >= 0.6 is 10.9 Å². The first-order valence-electron chi connectivity index (χ1n) is 10.9. The summed E-state index contributed by atoms with van der Waals surface area (Å²) in [7, 11) is 3.90. The molecule has 0 aromatic heterocycles. The molecular weight excluding hydrogens is 444 g/mol. The first-order valence-corrected chi connectivity index (χ1v) is 12.3. The van der Waals surface area contributed by atoms with Gasteiger partial charge in [0.05, 0.1) is 26.2 Å². The fourth-order valence-electron chi connectivity index (χ4n) is 3.83. The molecule has 0 saturated carbocycles. The highest BCUT2D eigenvalue weighted by Crippen LogP contribution is 2.58. The molecule has 0 aliphatic heterocycles. The Balaban J connectivity index is 1.84. The Bertz CT molecular complexity index is 1240. The third-order valence-corrected chi connectivity index (χ3v) is 8.15. The summed E-state index contributed by atoms with van der Waals surface area (Å²) in [5.74, 6) is 2.08. The van der Waals surface area contributed by atoms with Gasteiger partial charge in [0, 0.05) is 23.3 Å². The van der Waals surface area contributed by atoms with Crippen LogP contribution in [0.3, 0.4) is 0 Å². The van der Waals surface area contributed by atoms with Crippen LogP contribution < -0.4 is 14.2 Å². The number of thiol groups is 1. The number of carbonyl (C=O) groups is 1. The number of aryl methyl sites for hydroxylation is 1. The van der Waals surface area contributed by atoms with Crippen LogP contribution in [0.15, 0.2) is 106 Å². The minimum absolute atomic E-state index is 0.00595. The summed E-state index contributed by atoms with van der Waals surface area (Å²) in [6, 6.07) is 29.5. The van der Waals surface area contributed by atoms with Crippen molar-refractivity contribution in [2.24, 2.45) is 0 Å². The smallest absolute Gasteiger partial charge is 0.193 e. The van der Waals surface area contributed by atoms with Crippen LogP contribution in [0.4, 0.5) is 0 Å². The molecule has 0 amide bonds. The van der Waals surface area contributed by atoms with Crippen LogP contribution in [0.5, 0.6) is 17.2 Å². The van der Waals surface area contributed by atoms with E-state index in [1.54, 1.807) is 21.3 Å². The third-order valence-electron chi connectivity index (χ3n) is 5.63. The predicted molar refractivity (Wildman–Crippen MR) is 137 cm³/mol. The fourth-order valence-corrected chi connectivity index (χ4v) is 6.29. The highest BCUT2D eigenvalue weighted by Gasteiger charge is 2.23. The minimum atomic E-state index is -1.03. The first-order chi connectivity index (χ1) is 16.5. The van der Waals surface area contributed by atoms with Crippen molar-refractivity contribution in [3.63, 3.8) is 0 Å². The van der Waals surface area contributed by atoms with Crippen LogP contribution in [-0.2, 0) is 0 Å². The summed E-state index contributed by atoms with van der Waals surface area (Å²) in [5, 5.41) is 0. The molecule has 34 heavy (non-hydrogen) atoms. The molecule has 0 bridgehead atoms. The molecule has 4 rings (SSSR count). The maximum Gasteiger partial charge on any atom is 0.193 e. The number of ether oxygens (including phenoxy) is 3. The van der Waals surface area contributed by atoms with Gasteiger partial charge in [-0.05, 0) is 53.1 Å². The lowest BCUT2D eigenvalue weighted by atomic mass is 10.0. The highest BCUT2D eigenvalue weighted by molar-refractivity contribution is 8.17. The van der Waals surface area contributed by atoms with E-state index in [1.807, 2.05) is 66.7 Å². The zero-order valence-electron chi connectivity index (χ0n) is 19.7. The van der Waals surface area contributed by atoms with E-state index in [4.69, 9.17) is 14.2 Å². The van der Waals surface area contributed by atoms with Crippen molar-refractivity contribution in [1.82, 2.24) is 0 Å². The monoisotopic (exact) mass is 472 g/mol. The van der Waals surface area contributed by atoms with Crippen LogP contribution in [0.25, 0.3) is 0 Å². The van der Waals surface area contributed by atoms with E-state index < -0.39 is 10.9 Å². The van der Waals surface area contributed by atoms with Crippen LogP contribution in [-0.4, -0.2) is 27.1 Å². The summed E-state index contributed by atoms with van der Waals surface area (Å²) in [6.07, 6.45) is 0. The van der Waals surface area contributed by atoms with Gasteiger partial charge in [-0.25, -0.2) is 0 Å². The molecule has 174 valence electrons. The van der Waals surface area contributed by atoms with Crippen molar-refractivity contribution in [1.29, 1.82) is 0 Å². The zero-order valence-corrected chi connectivity index (χ0v) is 20.6. The van der Waals surface area contributed by atoms with Crippen molar-refractivity contribution in [3.05, 3.63) is 108 Å². The van der Waals surface area contributed by atoms with E-state index in [1.165, 1.54) is 5.56 Å². The summed E-state index contributed by atoms with van der Waals surface area (Å²) in [6.45, 7) is 2.07. The maximum absolute atomic E-state index is 12.9. The largest absolute Gasteiger partial charge is 0.496 e. The van der Waals surface area contributed by atoms with Gasteiger partial charge in [0.2, 0.25) is 0 Å². The van der Waals surface area contributed by atoms with Crippen molar-refractivity contribution in [3.8, 4) is 17.2 Å². The molecule has 0 aliphatic carbocycles. The van der Waals surface area contributed by atoms with Gasteiger partial charge in [-0.1, -0.05) is 48.0 Å². The van der Waals surface area contributed by atoms with E-state index in [9.17, 15) is 4.79 Å². The van der Waals surface area contributed by atoms with E-state index in [0.717, 1.165) is 14.7 Å². The van der Waals surface area contributed by atoms with Crippen molar-refractivity contribution < 1.29 is 19.0 Å². The summed E-state index contributed by atoms with van der Waals surface area (Å²) < 4.78 is 17.1. The average molecular weight is 473 g/mol. The topological polar surface area (TPSA) is 44.8 Å². The van der Waals surface area contributed by atoms with Gasteiger partial charge in [-0.2, -0.15) is 10.9 Å². The number of hydrogen-bond donors (Lipinski definition) is 1. The SMILES string of the molecule is COc1cc(OC)c([SH](c2ccc(C)cc2)c2ccc(C(=O)c3ccccc3)cc2)c(OC)c1. The Kier molecular flexibility index (Phi) is 7.24. The molecule has 1 atom stereocenters. The summed E-state index contributed by atoms with van der Waals surface area (Å²) >= 11 is 0. The predicted octanol–water partition coefficient (Wildman–Crippen LogP) is 6.73. The molecule has 4 nitrogen and oxygen atoms in total. The molecule has 0 aliphatic rings. The van der Waals surface area contributed by atoms with Crippen molar-refractivity contribution in [2.45, 2.75) is 21.6 Å². The number of methoxy groups -OCH3 is 3. The Labute approximate surface area is 203 Å². The Morgan fingerprint density at radius 3 is 1.65 bits per heavy atom. The molecule has 4 aromatic rings. The van der Waals surface area contributed by atoms with E-state index in [-0.39, 0.29) is 5.78 Å². The van der Waals surface area contributed by atoms with Crippen molar-refractivity contribution >= 4 is 16.7 Å². The van der Waals surface area contributed by atoms with Gasteiger partial charge in [-0.3, -0.25) is 4.79 Å².